The van der Waals surface area contributed by atoms with E-state index < -0.39 is 16.7 Å². The Kier molecular flexibility index (Phi) is 9.94. The molecule has 3 aromatic carbocycles. The van der Waals surface area contributed by atoms with Gasteiger partial charge >= 0.3 is 5.97 Å². The number of nitro benzene ring substituents is 1. The minimum absolute atomic E-state index is 0.000679. The number of likely N-dealkylation sites (tertiary alicyclic amines) is 1. The van der Waals surface area contributed by atoms with E-state index in [1.165, 1.54) is 42.3 Å². The van der Waals surface area contributed by atoms with Crippen LogP contribution in [0.3, 0.4) is 0 Å². The highest BCUT2D eigenvalue weighted by atomic mass is 16.6. The number of carbonyl (C=O) groups excluding carboxylic acids is 2. The van der Waals surface area contributed by atoms with Crippen molar-refractivity contribution < 1.29 is 24.0 Å². The van der Waals surface area contributed by atoms with Crippen LogP contribution in [0.25, 0.3) is 6.08 Å². The van der Waals surface area contributed by atoms with Crippen LogP contribution in [0.1, 0.15) is 36.5 Å². The largest absolute Gasteiger partial charge is 0.460 e. The van der Waals surface area contributed by atoms with Crippen molar-refractivity contribution in [3.05, 3.63) is 117 Å². The normalized spacial score (nSPS) is 15.4. The number of nitrogens with zero attached hydrogens (tertiary/aromatic N) is 2. The molecule has 1 aliphatic rings. The second-order valence-electron chi connectivity index (χ2n) is 9.87. The quantitative estimate of drug-likeness (QED) is 0.0589. The van der Waals surface area contributed by atoms with Gasteiger partial charge < -0.3 is 14.4 Å². The van der Waals surface area contributed by atoms with Crippen molar-refractivity contribution in [1.82, 2.24) is 4.90 Å². The van der Waals surface area contributed by atoms with Crippen LogP contribution in [0.15, 0.2) is 90.5 Å². The van der Waals surface area contributed by atoms with Gasteiger partial charge in [-0.3, -0.25) is 14.9 Å². The Morgan fingerprint density at radius 1 is 0.900 bits per heavy atom. The molecular weight excluding hydrogens is 508 g/mol. The van der Waals surface area contributed by atoms with Gasteiger partial charge in [-0.2, -0.15) is 0 Å². The summed E-state index contributed by atoms with van der Waals surface area (Å²) in [4.78, 5) is 37.3. The fourth-order valence-electron chi connectivity index (χ4n) is 5.18. The highest BCUT2D eigenvalue weighted by Gasteiger charge is 2.37. The molecule has 0 saturated carbocycles. The number of hydrogen-bond acceptors (Lipinski definition) is 7. The zero-order valence-corrected chi connectivity index (χ0v) is 22.7. The van der Waals surface area contributed by atoms with E-state index in [2.05, 4.69) is 65.6 Å². The van der Waals surface area contributed by atoms with Crippen molar-refractivity contribution in [2.24, 2.45) is 0 Å². The van der Waals surface area contributed by atoms with Crippen molar-refractivity contribution in [3.8, 4) is 0 Å². The first kappa shape index (κ1) is 28.9. The maximum Gasteiger partial charge on any atom is 0.341 e. The molecule has 0 bridgehead atoms. The fourth-order valence-corrected chi connectivity index (χ4v) is 5.18. The summed E-state index contributed by atoms with van der Waals surface area (Å²) in [6, 6.07) is 27.2. The highest BCUT2D eigenvalue weighted by Crippen LogP contribution is 2.41. The molecule has 1 aliphatic heterocycles. The van der Waals surface area contributed by atoms with Crippen molar-refractivity contribution in [2.45, 2.75) is 25.2 Å². The van der Waals surface area contributed by atoms with Gasteiger partial charge in [0.2, 0.25) is 0 Å². The van der Waals surface area contributed by atoms with Crippen LogP contribution in [0.2, 0.25) is 0 Å². The first-order chi connectivity index (χ1) is 19.4. The summed E-state index contributed by atoms with van der Waals surface area (Å²) in [5.41, 5.74) is 2.78. The van der Waals surface area contributed by atoms with Gasteiger partial charge in [0.25, 0.3) is 5.69 Å². The van der Waals surface area contributed by atoms with Crippen LogP contribution < -0.4 is 0 Å². The van der Waals surface area contributed by atoms with Crippen LogP contribution in [0.4, 0.5) is 5.69 Å². The predicted octanol–water partition coefficient (Wildman–Crippen LogP) is 5.21. The molecule has 40 heavy (non-hydrogen) atoms. The minimum Gasteiger partial charge on any atom is -0.460 e. The summed E-state index contributed by atoms with van der Waals surface area (Å²) >= 11 is 0. The molecule has 3 aromatic rings. The Hall–Kier alpha value is -4.14. The Balaban J connectivity index is 1.23. The molecule has 0 aliphatic carbocycles. The van der Waals surface area contributed by atoms with E-state index in [4.69, 9.17) is 9.47 Å². The van der Waals surface area contributed by atoms with E-state index in [1.54, 1.807) is 6.07 Å². The lowest BCUT2D eigenvalue weighted by Gasteiger charge is -2.43. The van der Waals surface area contributed by atoms with Crippen LogP contribution in [-0.2, 0) is 24.5 Å². The maximum atomic E-state index is 12.5. The van der Waals surface area contributed by atoms with E-state index in [9.17, 15) is 19.7 Å². The van der Waals surface area contributed by atoms with Crippen LogP contribution in [0.5, 0.6) is 0 Å². The van der Waals surface area contributed by atoms with Crippen LogP contribution in [-0.4, -0.2) is 61.0 Å². The van der Waals surface area contributed by atoms with Gasteiger partial charge in [0.05, 0.1) is 18.1 Å². The van der Waals surface area contributed by atoms with Crippen LogP contribution in [0, 0.1) is 10.1 Å². The third-order valence-electron chi connectivity index (χ3n) is 7.37. The third-order valence-corrected chi connectivity index (χ3v) is 7.37. The molecule has 0 aromatic heterocycles. The number of Topliss-reactive ketones (excluding diaryl/α,β-unsaturated/α-hetero) is 1. The van der Waals surface area contributed by atoms with Crippen molar-refractivity contribution in [3.63, 3.8) is 0 Å². The zero-order valence-electron chi connectivity index (χ0n) is 22.7. The number of hydrogen-bond donors (Lipinski definition) is 0. The molecule has 0 amide bonds. The Morgan fingerprint density at radius 2 is 1.52 bits per heavy atom. The molecule has 1 fully saturated rings. The molecule has 8 heteroatoms. The van der Waals surface area contributed by atoms with Gasteiger partial charge in [-0.25, -0.2) is 4.79 Å². The van der Waals surface area contributed by atoms with Gasteiger partial charge in [0.15, 0.2) is 5.78 Å². The Bertz CT molecular complexity index is 1290. The fraction of sp³-hybridized carbons (Fsp3) is 0.312. The summed E-state index contributed by atoms with van der Waals surface area (Å²) in [7, 11) is 0. The number of nitro groups is 1. The first-order valence-electron chi connectivity index (χ1n) is 13.4. The lowest BCUT2D eigenvalue weighted by molar-refractivity contribution is -0.384. The number of carbonyl (C=O) groups is 2. The summed E-state index contributed by atoms with van der Waals surface area (Å²) in [6.45, 7) is 4.65. The van der Waals surface area contributed by atoms with Crippen molar-refractivity contribution in [1.29, 1.82) is 0 Å². The van der Waals surface area contributed by atoms with E-state index in [1.807, 2.05) is 0 Å². The number of rotatable bonds is 12. The lowest BCUT2D eigenvalue weighted by Crippen LogP contribution is -2.44. The number of esters is 1. The van der Waals surface area contributed by atoms with Crippen molar-refractivity contribution >= 4 is 23.5 Å². The number of ether oxygens (including phenoxy) is 2. The standard InChI is InChI=1S/C32H34N2O6/c1-25(35)30(24-26-9-8-14-29(23-26)34(37)38)31(36)40-22-21-39-20-19-33-17-15-32(16-18-33,27-10-4-2-5-11-27)28-12-6-3-7-13-28/h2-14,23-24H,15-22H2,1H3. The molecule has 1 heterocycles. The van der Waals surface area contributed by atoms with Gasteiger partial charge in [-0.05, 0) is 55.6 Å². The van der Waals surface area contributed by atoms with E-state index in [0.717, 1.165) is 32.5 Å². The molecule has 0 unspecified atom stereocenters. The second-order valence-corrected chi connectivity index (χ2v) is 9.87. The molecule has 8 nitrogen and oxygen atoms in total. The van der Waals surface area contributed by atoms with Crippen LogP contribution >= 0.6 is 0 Å². The van der Waals surface area contributed by atoms with Gasteiger partial charge in [0, 0.05) is 24.1 Å². The molecule has 0 atom stereocenters. The molecule has 1 saturated heterocycles. The highest BCUT2D eigenvalue weighted by molar-refractivity contribution is 6.19. The number of benzene rings is 3. The molecule has 4 rings (SSSR count). The van der Waals surface area contributed by atoms with Crippen molar-refractivity contribution in [2.75, 3.05) is 39.5 Å². The zero-order chi connectivity index (χ0) is 28.4. The minimum atomic E-state index is -0.781. The smallest absolute Gasteiger partial charge is 0.341 e. The summed E-state index contributed by atoms with van der Waals surface area (Å²) in [5.74, 6) is -1.26. The SMILES string of the molecule is CC(=O)C(=Cc1cccc([N+](=O)[O-])c1)C(=O)OCCOCCN1CCC(c2ccccc2)(c2ccccc2)CC1. The Morgan fingerprint density at radius 3 is 2.10 bits per heavy atom. The van der Waals surface area contributed by atoms with E-state index in [-0.39, 0.29) is 29.9 Å². The molecule has 0 N–H and O–H groups in total. The third kappa shape index (κ3) is 7.28. The second kappa shape index (κ2) is 13.8. The van der Waals surface area contributed by atoms with E-state index >= 15 is 0 Å². The summed E-state index contributed by atoms with van der Waals surface area (Å²) < 4.78 is 10.9. The van der Waals surface area contributed by atoms with Gasteiger partial charge in [-0.15, -0.1) is 0 Å². The average Bonchev–Trinajstić information content (AvgIpc) is 2.98. The first-order valence-corrected chi connectivity index (χ1v) is 13.4. The Labute approximate surface area is 234 Å². The van der Waals surface area contributed by atoms with Gasteiger partial charge in [0.1, 0.15) is 12.2 Å². The molecule has 208 valence electrons. The average molecular weight is 543 g/mol. The molecule has 0 spiro atoms. The number of piperidine rings is 1. The summed E-state index contributed by atoms with van der Waals surface area (Å²) in [5, 5.41) is 11.0. The summed E-state index contributed by atoms with van der Waals surface area (Å²) in [6.07, 6.45) is 3.34. The molecule has 0 radical (unpaired) electrons. The predicted molar refractivity (Wildman–Crippen MR) is 153 cm³/mol. The number of non-ortho nitro benzene ring substituents is 1. The number of ketones is 1. The maximum absolute atomic E-state index is 12.5. The van der Waals surface area contributed by atoms with E-state index in [0.29, 0.717) is 12.2 Å². The molecular formula is C32H34N2O6. The lowest BCUT2D eigenvalue weighted by atomic mass is 9.68. The van der Waals surface area contributed by atoms with Gasteiger partial charge in [-0.1, -0.05) is 72.8 Å². The monoisotopic (exact) mass is 542 g/mol. The topological polar surface area (TPSA) is 99.0 Å².